The van der Waals surface area contributed by atoms with E-state index in [1.54, 1.807) is 24.5 Å². The van der Waals surface area contributed by atoms with Crippen molar-refractivity contribution >= 4 is 17.1 Å². The zero-order chi connectivity index (χ0) is 9.97. The topological polar surface area (TPSA) is 42.0 Å². The van der Waals surface area contributed by atoms with E-state index >= 15 is 0 Å². The molecular formula is C10H14N2OS. The molecule has 1 fully saturated rings. The van der Waals surface area contributed by atoms with Crippen molar-refractivity contribution in [2.45, 2.75) is 25.7 Å². The van der Waals surface area contributed by atoms with Gasteiger partial charge in [0.1, 0.15) is 0 Å². The van der Waals surface area contributed by atoms with E-state index in [9.17, 15) is 4.79 Å². The Bertz CT molecular complexity index is 329. The number of nitrogens with zero attached hydrogens (tertiary/aromatic N) is 1. The smallest absolute Gasteiger partial charge is 0.171 e. The molecule has 1 unspecified atom stereocenters. The summed E-state index contributed by atoms with van der Waals surface area (Å²) in [5, 5.41) is 4.47. The van der Waals surface area contributed by atoms with Crippen molar-refractivity contribution in [3.63, 3.8) is 0 Å². The van der Waals surface area contributed by atoms with Crippen LogP contribution in [0.5, 0.6) is 0 Å². The molecule has 4 heteroatoms. The van der Waals surface area contributed by atoms with Crippen LogP contribution in [-0.2, 0) is 0 Å². The molecule has 1 aromatic rings. The number of thiazole rings is 1. The first kappa shape index (κ1) is 9.80. The van der Waals surface area contributed by atoms with E-state index in [2.05, 4.69) is 10.3 Å². The van der Waals surface area contributed by atoms with Gasteiger partial charge < -0.3 is 5.32 Å². The minimum Gasteiger partial charge on any atom is -0.316 e. The second kappa shape index (κ2) is 4.19. The van der Waals surface area contributed by atoms with Gasteiger partial charge in [-0.25, -0.2) is 4.98 Å². The molecule has 0 spiro atoms. The first-order chi connectivity index (χ1) is 6.77. The van der Waals surface area contributed by atoms with E-state index in [1.807, 2.05) is 0 Å². The fourth-order valence-corrected chi connectivity index (χ4v) is 2.65. The first-order valence-electron chi connectivity index (χ1n) is 4.95. The monoisotopic (exact) mass is 210 g/mol. The van der Waals surface area contributed by atoms with Crippen LogP contribution < -0.4 is 5.32 Å². The molecule has 0 aromatic carbocycles. The highest BCUT2D eigenvalue weighted by molar-refractivity contribution is 7.13. The summed E-state index contributed by atoms with van der Waals surface area (Å²) in [4.78, 5) is 16.2. The minimum absolute atomic E-state index is 0.123. The van der Waals surface area contributed by atoms with Gasteiger partial charge >= 0.3 is 0 Å². The molecule has 0 amide bonds. The number of Topliss-reactive ketones (excluding diaryl/α,β-unsaturated/α-hetero) is 1. The quantitative estimate of drug-likeness (QED) is 0.757. The number of carbonyl (C=O) groups is 1. The summed E-state index contributed by atoms with van der Waals surface area (Å²) in [6.07, 6.45) is 4.11. The number of carbonyl (C=O) groups excluding carboxylic acids is 1. The molecule has 1 atom stereocenters. The van der Waals surface area contributed by atoms with E-state index in [-0.39, 0.29) is 5.78 Å². The fourth-order valence-electron chi connectivity index (χ4n) is 1.70. The summed E-state index contributed by atoms with van der Waals surface area (Å²) in [6.45, 7) is 3.71. The summed E-state index contributed by atoms with van der Waals surface area (Å²) in [7, 11) is 0. The van der Waals surface area contributed by atoms with Gasteiger partial charge in [0.15, 0.2) is 5.78 Å². The van der Waals surface area contributed by atoms with Crippen molar-refractivity contribution < 1.29 is 4.79 Å². The molecule has 1 aliphatic heterocycles. The van der Waals surface area contributed by atoms with Crippen molar-refractivity contribution in [1.29, 1.82) is 0 Å². The van der Waals surface area contributed by atoms with Crippen LogP contribution in [0.3, 0.4) is 0 Å². The average Bonchev–Trinajstić information content (AvgIpc) is 2.68. The van der Waals surface area contributed by atoms with Crippen molar-refractivity contribution in [2.75, 3.05) is 13.1 Å². The van der Waals surface area contributed by atoms with E-state index in [0.29, 0.717) is 5.92 Å². The Labute approximate surface area is 87.6 Å². The highest BCUT2D eigenvalue weighted by atomic mass is 32.1. The number of rotatable bonds is 2. The van der Waals surface area contributed by atoms with E-state index in [1.165, 1.54) is 12.8 Å². The molecule has 2 rings (SSSR count). The second-order valence-electron chi connectivity index (χ2n) is 3.66. The molecule has 2 heterocycles. The second-order valence-corrected chi connectivity index (χ2v) is 4.72. The van der Waals surface area contributed by atoms with Gasteiger partial charge in [-0.1, -0.05) is 0 Å². The Morgan fingerprint density at radius 2 is 2.57 bits per heavy atom. The number of nitrogens with one attached hydrogen (secondary N) is 1. The maximum Gasteiger partial charge on any atom is 0.171 e. The third-order valence-electron chi connectivity index (χ3n) is 2.52. The molecule has 1 aromatic heterocycles. The molecule has 14 heavy (non-hydrogen) atoms. The van der Waals surface area contributed by atoms with Crippen LogP contribution in [0, 0.1) is 0 Å². The Morgan fingerprint density at radius 1 is 1.71 bits per heavy atom. The maximum absolute atomic E-state index is 11.1. The lowest BCUT2D eigenvalue weighted by atomic mass is 10.0. The van der Waals surface area contributed by atoms with Crippen molar-refractivity contribution in [1.82, 2.24) is 10.3 Å². The van der Waals surface area contributed by atoms with Crippen LogP contribution in [0.4, 0.5) is 0 Å². The number of piperidine rings is 1. The summed E-state index contributed by atoms with van der Waals surface area (Å²) in [5.41, 5.74) is 0. The number of aromatic nitrogens is 1. The minimum atomic E-state index is 0.123. The summed E-state index contributed by atoms with van der Waals surface area (Å²) in [5.74, 6) is 0.638. The zero-order valence-electron chi connectivity index (χ0n) is 8.25. The summed E-state index contributed by atoms with van der Waals surface area (Å²) in [6, 6.07) is 0. The van der Waals surface area contributed by atoms with Crippen molar-refractivity contribution in [3.05, 3.63) is 16.1 Å². The first-order valence-corrected chi connectivity index (χ1v) is 5.76. The predicted octanol–water partition coefficient (Wildman–Crippen LogP) is 1.81. The van der Waals surface area contributed by atoms with Gasteiger partial charge in [0.25, 0.3) is 0 Å². The highest BCUT2D eigenvalue weighted by Crippen LogP contribution is 2.27. The molecule has 1 saturated heterocycles. The molecule has 0 saturated carbocycles. The normalized spacial score (nSPS) is 22.2. The lowest BCUT2D eigenvalue weighted by molar-refractivity contribution is 0.102. The van der Waals surface area contributed by atoms with Gasteiger partial charge in [0, 0.05) is 25.6 Å². The lowest BCUT2D eigenvalue weighted by Crippen LogP contribution is -2.28. The summed E-state index contributed by atoms with van der Waals surface area (Å²) >= 11 is 1.55. The van der Waals surface area contributed by atoms with Gasteiger partial charge in [-0.15, -0.1) is 11.3 Å². The lowest BCUT2D eigenvalue weighted by Gasteiger charge is -2.20. The van der Waals surface area contributed by atoms with Gasteiger partial charge in [-0.05, 0) is 19.4 Å². The largest absolute Gasteiger partial charge is 0.316 e. The van der Waals surface area contributed by atoms with Crippen LogP contribution in [0.2, 0.25) is 0 Å². The molecule has 3 nitrogen and oxygen atoms in total. The zero-order valence-corrected chi connectivity index (χ0v) is 9.06. The third-order valence-corrected chi connectivity index (χ3v) is 3.78. The van der Waals surface area contributed by atoms with Gasteiger partial charge in [-0.3, -0.25) is 4.79 Å². The van der Waals surface area contributed by atoms with Crippen LogP contribution in [-0.4, -0.2) is 23.9 Å². The van der Waals surface area contributed by atoms with Gasteiger partial charge in [-0.2, -0.15) is 0 Å². The van der Waals surface area contributed by atoms with Crippen LogP contribution >= 0.6 is 11.3 Å². The number of hydrogen-bond donors (Lipinski definition) is 1. The molecule has 0 radical (unpaired) electrons. The van der Waals surface area contributed by atoms with Crippen LogP contribution in [0.1, 0.15) is 40.4 Å². The van der Waals surface area contributed by atoms with Crippen molar-refractivity contribution in [3.8, 4) is 0 Å². The highest BCUT2D eigenvalue weighted by Gasteiger charge is 2.18. The van der Waals surface area contributed by atoms with Crippen LogP contribution in [0.15, 0.2) is 6.20 Å². The molecule has 1 aliphatic rings. The molecular weight excluding hydrogens is 196 g/mol. The molecule has 0 aliphatic carbocycles. The third kappa shape index (κ3) is 2.01. The predicted molar refractivity (Wildman–Crippen MR) is 57.0 cm³/mol. The Hall–Kier alpha value is -0.740. The molecule has 0 bridgehead atoms. The Balaban J connectivity index is 2.11. The van der Waals surface area contributed by atoms with E-state index < -0.39 is 0 Å². The molecule has 1 N–H and O–H groups in total. The van der Waals surface area contributed by atoms with Gasteiger partial charge in [0.2, 0.25) is 0 Å². The van der Waals surface area contributed by atoms with Crippen molar-refractivity contribution in [2.24, 2.45) is 0 Å². The Morgan fingerprint density at radius 3 is 3.14 bits per heavy atom. The van der Waals surface area contributed by atoms with Gasteiger partial charge in [0.05, 0.1) is 9.88 Å². The summed E-state index contributed by atoms with van der Waals surface area (Å²) < 4.78 is 0. The molecule has 76 valence electrons. The number of ketones is 1. The standard InChI is InChI=1S/C10H14N2OS/c1-7(13)9-6-12-10(14-9)8-3-2-4-11-5-8/h6,8,11H,2-5H2,1H3. The van der Waals surface area contributed by atoms with E-state index in [0.717, 1.165) is 23.0 Å². The SMILES string of the molecule is CC(=O)c1cnc(C2CCCNC2)s1. The fraction of sp³-hybridized carbons (Fsp3) is 0.600. The Kier molecular flexibility index (Phi) is 2.93. The van der Waals surface area contributed by atoms with Crippen LogP contribution in [0.25, 0.3) is 0 Å². The van der Waals surface area contributed by atoms with E-state index in [4.69, 9.17) is 0 Å². The average molecular weight is 210 g/mol. The maximum atomic E-state index is 11.1. The number of hydrogen-bond acceptors (Lipinski definition) is 4.